The second-order valence-corrected chi connectivity index (χ2v) is 3.60. The average molecular weight is 207 g/mol. The molecule has 0 aromatic heterocycles. The standard InChI is InChI=1S/C12H17NO2/c1-3-11(12(14)15)13-9(2)10-7-5-4-6-8-10/h4-9,11,13H,3H2,1-2H3,(H,14,15)/t9-,11?/m1/s1. The first-order valence-corrected chi connectivity index (χ1v) is 5.19. The number of hydrogen-bond acceptors (Lipinski definition) is 2. The Kier molecular flexibility index (Phi) is 4.31. The molecule has 3 nitrogen and oxygen atoms in total. The van der Waals surface area contributed by atoms with Gasteiger partial charge < -0.3 is 5.11 Å². The first kappa shape index (κ1) is 11.7. The van der Waals surface area contributed by atoms with Crippen LogP contribution in [0, 0.1) is 0 Å². The molecule has 15 heavy (non-hydrogen) atoms. The van der Waals surface area contributed by atoms with Gasteiger partial charge >= 0.3 is 5.97 Å². The third-order valence-corrected chi connectivity index (χ3v) is 2.46. The third kappa shape index (κ3) is 3.36. The first-order chi connectivity index (χ1) is 7.15. The maximum atomic E-state index is 10.8. The summed E-state index contributed by atoms with van der Waals surface area (Å²) in [6.07, 6.45) is 0.590. The summed E-state index contributed by atoms with van der Waals surface area (Å²) in [6, 6.07) is 9.43. The zero-order valence-corrected chi connectivity index (χ0v) is 9.10. The van der Waals surface area contributed by atoms with Crippen LogP contribution in [0.1, 0.15) is 31.9 Å². The highest BCUT2D eigenvalue weighted by Crippen LogP contribution is 2.12. The van der Waals surface area contributed by atoms with Gasteiger partial charge in [-0.2, -0.15) is 0 Å². The van der Waals surface area contributed by atoms with Crippen molar-refractivity contribution < 1.29 is 9.90 Å². The second-order valence-electron chi connectivity index (χ2n) is 3.60. The van der Waals surface area contributed by atoms with E-state index >= 15 is 0 Å². The van der Waals surface area contributed by atoms with Gasteiger partial charge in [-0.05, 0) is 18.9 Å². The summed E-state index contributed by atoms with van der Waals surface area (Å²) in [6.45, 7) is 3.84. The molecule has 1 aromatic rings. The Labute approximate surface area is 90.1 Å². The zero-order chi connectivity index (χ0) is 11.3. The summed E-state index contributed by atoms with van der Waals surface area (Å²) in [5, 5.41) is 12.0. The monoisotopic (exact) mass is 207 g/mol. The van der Waals surface area contributed by atoms with E-state index in [2.05, 4.69) is 5.32 Å². The van der Waals surface area contributed by atoms with Gasteiger partial charge in [0.15, 0.2) is 0 Å². The number of carboxylic acids is 1. The van der Waals surface area contributed by atoms with Crippen LogP contribution in [0.5, 0.6) is 0 Å². The summed E-state index contributed by atoms with van der Waals surface area (Å²) in [4.78, 5) is 10.8. The Morgan fingerprint density at radius 2 is 2.00 bits per heavy atom. The molecule has 0 saturated heterocycles. The molecule has 0 spiro atoms. The topological polar surface area (TPSA) is 49.3 Å². The predicted molar refractivity (Wildman–Crippen MR) is 59.7 cm³/mol. The van der Waals surface area contributed by atoms with E-state index in [1.165, 1.54) is 0 Å². The molecule has 3 heteroatoms. The van der Waals surface area contributed by atoms with E-state index < -0.39 is 12.0 Å². The number of carbonyl (C=O) groups is 1. The zero-order valence-electron chi connectivity index (χ0n) is 9.10. The Morgan fingerprint density at radius 3 is 2.47 bits per heavy atom. The smallest absolute Gasteiger partial charge is 0.320 e. The van der Waals surface area contributed by atoms with Crippen LogP contribution in [0.15, 0.2) is 30.3 Å². The molecule has 2 atom stereocenters. The molecule has 1 unspecified atom stereocenters. The van der Waals surface area contributed by atoms with E-state index in [1.54, 1.807) is 0 Å². The Morgan fingerprint density at radius 1 is 1.40 bits per heavy atom. The van der Waals surface area contributed by atoms with Crippen LogP contribution in [0.25, 0.3) is 0 Å². The van der Waals surface area contributed by atoms with Gasteiger partial charge in [0.1, 0.15) is 6.04 Å². The summed E-state index contributed by atoms with van der Waals surface area (Å²) >= 11 is 0. The lowest BCUT2D eigenvalue weighted by molar-refractivity contribution is -0.139. The predicted octanol–water partition coefficient (Wildman–Crippen LogP) is 2.20. The Balaban J connectivity index is 2.62. The van der Waals surface area contributed by atoms with Gasteiger partial charge in [0.05, 0.1) is 0 Å². The molecule has 0 radical (unpaired) electrons. The maximum absolute atomic E-state index is 10.8. The fourth-order valence-corrected chi connectivity index (χ4v) is 1.50. The second kappa shape index (κ2) is 5.51. The van der Waals surface area contributed by atoms with Crippen molar-refractivity contribution in [3.05, 3.63) is 35.9 Å². The number of hydrogen-bond donors (Lipinski definition) is 2. The van der Waals surface area contributed by atoms with E-state index in [0.29, 0.717) is 6.42 Å². The minimum atomic E-state index is -0.791. The van der Waals surface area contributed by atoms with E-state index in [1.807, 2.05) is 44.2 Å². The molecule has 0 bridgehead atoms. The van der Waals surface area contributed by atoms with Gasteiger partial charge in [0, 0.05) is 6.04 Å². The molecule has 0 heterocycles. The quantitative estimate of drug-likeness (QED) is 0.778. The molecule has 0 aliphatic carbocycles. The van der Waals surface area contributed by atoms with Gasteiger partial charge in [-0.1, -0.05) is 37.3 Å². The summed E-state index contributed by atoms with van der Waals surface area (Å²) in [5.41, 5.74) is 1.11. The first-order valence-electron chi connectivity index (χ1n) is 5.19. The van der Waals surface area contributed by atoms with Crippen LogP contribution in [0.4, 0.5) is 0 Å². The average Bonchev–Trinajstić information content (AvgIpc) is 2.26. The molecular weight excluding hydrogens is 190 g/mol. The summed E-state index contributed by atoms with van der Waals surface area (Å²) in [7, 11) is 0. The highest BCUT2D eigenvalue weighted by molar-refractivity contribution is 5.73. The van der Waals surface area contributed by atoms with Gasteiger partial charge in [0.25, 0.3) is 0 Å². The van der Waals surface area contributed by atoms with Crippen LogP contribution in [0.3, 0.4) is 0 Å². The van der Waals surface area contributed by atoms with Crippen molar-refractivity contribution in [1.82, 2.24) is 5.32 Å². The lowest BCUT2D eigenvalue weighted by Crippen LogP contribution is -2.37. The SMILES string of the molecule is CCC(N[C@H](C)c1ccccc1)C(=O)O. The van der Waals surface area contributed by atoms with Crippen molar-refractivity contribution in [3.63, 3.8) is 0 Å². The minimum absolute atomic E-state index is 0.0623. The molecule has 0 aliphatic heterocycles. The van der Waals surface area contributed by atoms with E-state index in [9.17, 15) is 4.79 Å². The number of nitrogens with one attached hydrogen (secondary N) is 1. The van der Waals surface area contributed by atoms with Gasteiger partial charge in [-0.25, -0.2) is 0 Å². The van der Waals surface area contributed by atoms with Gasteiger partial charge in [-0.15, -0.1) is 0 Å². The fourth-order valence-electron chi connectivity index (χ4n) is 1.50. The van der Waals surface area contributed by atoms with E-state index in [4.69, 9.17) is 5.11 Å². The fraction of sp³-hybridized carbons (Fsp3) is 0.417. The molecule has 1 rings (SSSR count). The Hall–Kier alpha value is -1.35. The maximum Gasteiger partial charge on any atom is 0.320 e. The van der Waals surface area contributed by atoms with Crippen molar-refractivity contribution >= 4 is 5.97 Å². The molecule has 0 saturated carbocycles. The molecule has 2 N–H and O–H groups in total. The molecule has 0 fully saturated rings. The van der Waals surface area contributed by atoms with Crippen molar-refractivity contribution in [2.45, 2.75) is 32.4 Å². The van der Waals surface area contributed by atoms with E-state index in [0.717, 1.165) is 5.56 Å². The molecule has 0 amide bonds. The lowest BCUT2D eigenvalue weighted by Gasteiger charge is -2.19. The third-order valence-electron chi connectivity index (χ3n) is 2.46. The summed E-state index contributed by atoms with van der Waals surface area (Å²) in [5.74, 6) is -0.791. The van der Waals surface area contributed by atoms with Crippen molar-refractivity contribution in [3.8, 4) is 0 Å². The largest absolute Gasteiger partial charge is 0.480 e. The van der Waals surface area contributed by atoms with Crippen LogP contribution in [-0.4, -0.2) is 17.1 Å². The van der Waals surface area contributed by atoms with Crippen LogP contribution in [0.2, 0.25) is 0 Å². The number of benzene rings is 1. The molecule has 82 valence electrons. The highest BCUT2D eigenvalue weighted by Gasteiger charge is 2.17. The molecule has 0 aliphatic rings. The van der Waals surface area contributed by atoms with Gasteiger partial charge in [-0.3, -0.25) is 10.1 Å². The van der Waals surface area contributed by atoms with Gasteiger partial charge in [0.2, 0.25) is 0 Å². The number of rotatable bonds is 5. The summed E-state index contributed by atoms with van der Waals surface area (Å²) < 4.78 is 0. The lowest BCUT2D eigenvalue weighted by atomic mass is 10.1. The van der Waals surface area contributed by atoms with Crippen LogP contribution < -0.4 is 5.32 Å². The molecule has 1 aromatic carbocycles. The van der Waals surface area contributed by atoms with Crippen molar-refractivity contribution in [1.29, 1.82) is 0 Å². The van der Waals surface area contributed by atoms with Crippen LogP contribution >= 0.6 is 0 Å². The number of carboxylic acid groups (broad SMARTS) is 1. The Bertz CT molecular complexity index is 311. The highest BCUT2D eigenvalue weighted by atomic mass is 16.4. The number of aliphatic carboxylic acids is 1. The van der Waals surface area contributed by atoms with Crippen molar-refractivity contribution in [2.75, 3.05) is 0 Å². The minimum Gasteiger partial charge on any atom is -0.480 e. The molecular formula is C12H17NO2. The van der Waals surface area contributed by atoms with E-state index in [-0.39, 0.29) is 6.04 Å². The van der Waals surface area contributed by atoms with Crippen LogP contribution in [-0.2, 0) is 4.79 Å². The normalized spacial score (nSPS) is 14.5. The van der Waals surface area contributed by atoms with Crippen molar-refractivity contribution in [2.24, 2.45) is 0 Å².